The number of alkyl halides is 1. The minimum Gasteiger partial charge on any atom is -0.271 e. The maximum absolute atomic E-state index is 6.28. The highest BCUT2D eigenvalue weighted by Gasteiger charge is 2.25. The van der Waals surface area contributed by atoms with E-state index in [-0.39, 0.29) is 0 Å². The van der Waals surface area contributed by atoms with Crippen molar-refractivity contribution in [3.8, 4) is 0 Å². The summed E-state index contributed by atoms with van der Waals surface area (Å²) in [5.41, 5.74) is 2.14. The second kappa shape index (κ2) is 5.09. The maximum atomic E-state index is 6.28. The average Bonchev–Trinajstić information content (AvgIpc) is 2.48. The lowest BCUT2D eigenvalue weighted by Gasteiger charge is -2.27. The van der Waals surface area contributed by atoms with Crippen molar-refractivity contribution in [1.82, 2.24) is 9.78 Å². The molecular weight excluding hydrogens is 288 g/mol. The zero-order chi connectivity index (χ0) is 11.7. The molecule has 2 atom stereocenters. The zero-order valence-corrected chi connectivity index (χ0v) is 12.2. The summed E-state index contributed by atoms with van der Waals surface area (Å²) in [5.74, 6) is 0.709. The maximum Gasteiger partial charge on any atom is 0.0847 e. The summed E-state index contributed by atoms with van der Waals surface area (Å²) in [7, 11) is 1.99. The standard InChI is InChI=1S/C12H18BrClN2/c1-8-12(14)11(16(2)15-8)7-9-5-3-4-6-10(9)13/h9-10H,3-7H2,1-2H3. The Kier molecular flexibility index (Phi) is 3.96. The van der Waals surface area contributed by atoms with Gasteiger partial charge in [0.25, 0.3) is 0 Å². The molecule has 1 aromatic rings. The van der Waals surface area contributed by atoms with Crippen LogP contribution in [0.2, 0.25) is 5.02 Å². The molecule has 2 rings (SSSR count). The van der Waals surface area contributed by atoms with Crippen molar-refractivity contribution in [2.75, 3.05) is 0 Å². The fourth-order valence-corrected chi connectivity index (χ4v) is 3.55. The first-order valence-corrected chi connectivity index (χ1v) is 7.21. The van der Waals surface area contributed by atoms with Crippen LogP contribution in [0.25, 0.3) is 0 Å². The van der Waals surface area contributed by atoms with Crippen LogP contribution < -0.4 is 0 Å². The molecule has 0 radical (unpaired) electrons. The minimum absolute atomic E-state index is 0.646. The van der Waals surface area contributed by atoms with E-state index < -0.39 is 0 Å². The summed E-state index contributed by atoms with van der Waals surface area (Å²) in [6.07, 6.45) is 6.34. The molecule has 0 bridgehead atoms. The van der Waals surface area contributed by atoms with Gasteiger partial charge in [-0.3, -0.25) is 4.68 Å². The Balaban J connectivity index is 2.13. The molecular formula is C12H18BrClN2. The lowest BCUT2D eigenvalue weighted by atomic mass is 9.86. The van der Waals surface area contributed by atoms with Gasteiger partial charge in [0.2, 0.25) is 0 Å². The summed E-state index contributed by atoms with van der Waals surface area (Å²) in [4.78, 5) is 0.646. The summed E-state index contributed by atoms with van der Waals surface area (Å²) in [6.45, 7) is 1.97. The van der Waals surface area contributed by atoms with E-state index >= 15 is 0 Å². The van der Waals surface area contributed by atoms with Gasteiger partial charge in [-0.15, -0.1) is 0 Å². The Morgan fingerprint density at radius 2 is 2.12 bits per heavy atom. The molecule has 1 saturated carbocycles. The molecule has 1 aromatic heterocycles. The number of aromatic nitrogens is 2. The molecule has 1 aliphatic carbocycles. The number of rotatable bonds is 2. The fourth-order valence-electron chi connectivity index (χ4n) is 2.54. The SMILES string of the molecule is Cc1nn(C)c(CC2CCCCC2Br)c1Cl. The molecule has 1 aliphatic rings. The van der Waals surface area contributed by atoms with E-state index in [1.165, 1.54) is 31.4 Å². The number of nitrogens with zero attached hydrogens (tertiary/aromatic N) is 2. The van der Waals surface area contributed by atoms with E-state index in [0.29, 0.717) is 10.7 Å². The monoisotopic (exact) mass is 304 g/mol. The van der Waals surface area contributed by atoms with Gasteiger partial charge in [-0.25, -0.2) is 0 Å². The minimum atomic E-state index is 0.646. The Labute approximate surface area is 110 Å². The lowest BCUT2D eigenvalue weighted by molar-refractivity contribution is 0.367. The number of hydrogen-bond donors (Lipinski definition) is 0. The van der Waals surface area contributed by atoms with Gasteiger partial charge in [-0.1, -0.05) is 40.4 Å². The summed E-state index contributed by atoms with van der Waals surface area (Å²) >= 11 is 10.1. The van der Waals surface area contributed by atoms with Crippen LogP contribution in [0.3, 0.4) is 0 Å². The van der Waals surface area contributed by atoms with E-state index in [4.69, 9.17) is 11.6 Å². The predicted molar refractivity (Wildman–Crippen MR) is 71.3 cm³/mol. The van der Waals surface area contributed by atoms with Gasteiger partial charge in [0.15, 0.2) is 0 Å². The molecule has 2 unspecified atom stereocenters. The normalized spacial score (nSPS) is 26.0. The molecule has 0 aliphatic heterocycles. The topological polar surface area (TPSA) is 17.8 Å². The molecule has 0 saturated heterocycles. The number of hydrogen-bond acceptors (Lipinski definition) is 1. The predicted octanol–water partition coefficient (Wildman–Crippen LogP) is 3.88. The van der Waals surface area contributed by atoms with Crippen LogP contribution in [0.15, 0.2) is 0 Å². The van der Waals surface area contributed by atoms with E-state index in [0.717, 1.165) is 17.1 Å². The lowest BCUT2D eigenvalue weighted by Crippen LogP contribution is -2.22. The highest BCUT2D eigenvalue weighted by atomic mass is 79.9. The Bertz CT molecular complexity index is 375. The highest BCUT2D eigenvalue weighted by molar-refractivity contribution is 9.09. The highest BCUT2D eigenvalue weighted by Crippen LogP contribution is 2.34. The molecule has 0 N–H and O–H groups in total. The van der Waals surface area contributed by atoms with Crippen molar-refractivity contribution in [3.05, 3.63) is 16.4 Å². The van der Waals surface area contributed by atoms with Crippen LogP contribution >= 0.6 is 27.5 Å². The quantitative estimate of drug-likeness (QED) is 0.758. The molecule has 1 heterocycles. The van der Waals surface area contributed by atoms with E-state index in [9.17, 15) is 0 Å². The summed E-state index contributed by atoms with van der Waals surface area (Å²) < 4.78 is 1.94. The van der Waals surface area contributed by atoms with Gasteiger partial charge >= 0.3 is 0 Å². The largest absolute Gasteiger partial charge is 0.271 e. The van der Waals surface area contributed by atoms with Gasteiger partial charge in [-0.05, 0) is 32.1 Å². The second-order valence-corrected chi connectivity index (χ2v) is 6.29. The molecule has 0 amide bonds. The third-order valence-electron chi connectivity index (χ3n) is 3.53. The smallest absolute Gasteiger partial charge is 0.0847 e. The third-order valence-corrected chi connectivity index (χ3v) is 5.23. The Morgan fingerprint density at radius 1 is 1.44 bits per heavy atom. The van der Waals surface area contributed by atoms with Crippen molar-refractivity contribution in [2.24, 2.45) is 13.0 Å². The van der Waals surface area contributed by atoms with Crippen LogP contribution in [0, 0.1) is 12.8 Å². The Hall–Kier alpha value is -0.0200. The van der Waals surface area contributed by atoms with Gasteiger partial charge in [0.05, 0.1) is 16.4 Å². The first-order chi connectivity index (χ1) is 7.59. The van der Waals surface area contributed by atoms with Crippen LogP contribution in [0.4, 0.5) is 0 Å². The van der Waals surface area contributed by atoms with Crippen LogP contribution in [0.5, 0.6) is 0 Å². The first kappa shape index (κ1) is 12.4. The van der Waals surface area contributed by atoms with Crippen LogP contribution in [-0.4, -0.2) is 14.6 Å². The van der Waals surface area contributed by atoms with Crippen molar-refractivity contribution >= 4 is 27.5 Å². The van der Waals surface area contributed by atoms with Crippen molar-refractivity contribution in [3.63, 3.8) is 0 Å². The van der Waals surface area contributed by atoms with E-state index in [2.05, 4.69) is 21.0 Å². The first-order valence-electron chi connectivity index (χ1n) is 5.91. The van der Waals surface area contributed by atoms with Crippen LogP contribution in [0.1, 0.15) is 37.1 Å². The number of halogens is 2. The molecule has 0 spiro atoms. The molecule has 4 heteroatoms. The van der Waals surface area contributed by atoms with Crippen molar-refractivity contribution < 1.29 is 0 Å². The van der Waals surface area contributed by atoms with Crippen molar-refractivity contribution in [1.29, 1.82) is 0 Å². The van der Waals surface area contributed by atoms with Gasteiger partial charge < -0.3 is 0 Å². The molecule has 90 valence electrons. The third kappa shape index (κ3) is 2.45. The van der Waals surface area contributed by atoms with E-state index in [1.807, 2.05) is 18.7 Å². The zero-order valence-electron chi connectivity index (χ0n) is 9.84. The average molecular weight is 306 g/mol. The van der Waals surface area contributed by atoms with Crippen LogP contribution in [-0.2, 0) is 13.5 Å². The van der Waals surface area contributed by atoms with Gasteiger partial charge in [-0.2, -0.15) is 5.10 Å². The second-order valence-electron chi connectivity index (χ2n) is 4.73. The van der Waals surface area contributed by atoms with Gasteiger partial charge in [0.1, 0.15) is 0 Å². The Morgan fingerprint density at radius 3 is 2.69 bits per heavy atom. The number of aryl methyl sites for hydroxylation is 2. The van der Waals surface area contributed by atoms with Gasteiger partial charge in [0, 0.05) is 11.9 Å². The summed E-state index contributed by atoms with van der Waals surface area (Å²) in [5, 5.41) is 5.22. The molecule has 16 heavy (non-hydrogen) atoms. The molecule has 0 aromatic carbocycles. The molecule has 2 nitrogen and oxygen atoms in total. The van der Waals surface area contributed by atoms with Crippen molar-refractivity contribution in [2.45, 2.75) is 43.9 Å². The van der Waals surface area contributed by atoms with E-state index in [1.54, 1.807) is 0 Å². The fraction of sp³-hybridized carbons (Fsp3) is 0.750. The summed E-state index contributed by atoms with van der Waals surface area (Å²) in [6, 6.07) is 0. The molecule has 1 fully saturated rings.